The Morgan fingerprint density at radius 2 is 1.66 bits per heavy atom. The lowest BCUT2D eigenvalue weighted by Crippen LogP contribution is -2.31. The SMILES string of the molecule is Cn1cc(CCCNC(=O)c2cccc(S(=O)(=O)N(Cc3ccccc3)c3ccccc3)c2)cn1. The van der Waals surface area contributed by atoms with Crippen molar-refractivity contribution in [1.29, 1.82) is 0 Å². The molecule has 7 nitrogen and oxygen atoms in total. The van der Waals surface area contributed by atoms with Crippen LogP contribution in [0.15, 0.2) is 102 Å². The molecular weight excluding hydrogens is 460 g/mol. The van der Waals surface area contributed by atoms with Crippen molar-refractivity contribution < 1.29 is 13.2 Å². The molecule has 1 amide bonds. The van der Waals surface area contributed by atoms with Crippen LogP contribution in [0.5, 0.6) is 0 Å². The fraction of sp³-hybridized carbons (Fsp3) is 0.185. The Kier molecular flexibility index (Phi) is 7.62. The number of para-hydroxylation sites is 1. The van der Waals surface area contributed by atoms with Crippen molar-refractivity contribution in [3.8, 4) is 0 Å². The van der Waals surface area contributed by atoms with Crippen molar-refractivity contribution >= 4 is 21.6 Å². The number of amides is 1. The quantitative estimate of drug-likeness (QED) is 0.340. The fourth-order valence-electron chi connectivity index (χ4n) is 3.78. The molecule has 8 heteroatoms. The average Bonchev–Trinajstić information content (AvgIpc) is 3.31. The van der Waals surface area contributed by atoms with Gasteiger partial charge in [-0.25, -0.2) is 8.42 Å². The molecule has 4 aromatic rings. The number of hydrogen-bond donors (Lipinski definition) is 1. The van der Waals surface area contributed by atoms with E-state index in [0.29, 0.717) is 17.8 Å². The molecule has 0 aliphatic rings. The molecule has 180 valence electrons. The highest BCUT2D eigenvalue weighted by atomic mass is 32.2. The molecule has 0 aliphatic carbocycles. The van der Waals surface area contributed by atoms with Crippen LogP contribution in [-0.4, -0.2) is 30.7 Å². The van der Waals surface area contributed by atoms with Gasteiger partial charge in [-0.1, -0.05) is 54.6 Å². The van der Waals surface area contributed by atoms with E-state index in [1.165, 1.54) is 16.4 Å². The van der Waals surface area contributed by atoms with Gasteiger partial charge in [0.05, 0.1) is 23.3 Å². The Morgan fingerprint density at radius 1 is 0.943 bits per heavy atom. The van der Waals surface area contributed by atoms with Crippen molar-refractivity contribution in [3.05, 3.63) is 114 Å². The molecule has 0 fully saturated rings. The number of aromatic nitrogens is 2. The van der Waals surface area contributed by atoms with E-state index in [2.05, 4.69) is 10.4 Å². The minimum Gasteiger partial charge on any atom is -0.352 e. The monoisotopic (exact) mass is 488 g/mol. The predicted molar refractivity (Wildman–Crippen MR) is 137 cm³/mol. The lowest BCUT2D eigenvalue weighted by molar-refractivity contribution is 0.0953. The number of carbonyl (C=O) groups is 1. The first-order valence-electron chi connectivity index (χ1n) is 11.4. The number of nitrogens with one attached hydrogen (secondary N) is 1. The molecule has 0 saturated carbocycles. The number of anilines is 1. The number of hydrogen-bond acceptors (Lipinski definition) is 4. The zero-order chi connectivity index (χ0) is 24.7. The second-order valence-corrected chi connectivity index (χ2v) is 10.1. The summed E-state index contributed by atoms with van der Waals surface area (Å²) in [5, 5.41) is 7.02. The van der Waals surface area contributed by atoms with Crippen LogP contribution in [0.2, 0.25) is 0 Å². The van der Waals surface area contributed by atoms with Crippen LogP contribution in [0.1, 0.15) is 27.9 Å². The van der Waals surface area contributed by atoms with Crippen molar-refractivity contribution in [2.75, 3.05) is 10.8 Å². The summed E-state index contributed by atoms with van der Waals surface area (Å²) in [6.07, 6.45) is 5.32. The van der Waals surface area contributed by atoms with Gasteiger partial charge in [0.1, 0.15) is 0 Å². The summed E-state index contributed by atoms with van der Waals surface area (Å²) in [6.45, 7) is 0.660. The van der Waals surface area contributed by atoms with E-state index in [1.54, 1.807) is 41.1 Å². The molecule has 0 aliphatic heterocycles. The van der Waals surface area contributed by atoms with Crippen molar-refractivity contribution in [3.63, 3.8) is 0 Å². The highest BCUT2D eigenvalue weighted by molar-refractivity contribution is 7.92. The number of nitrogens with zero attached hydrogens (tertiary/aromatic N) is 3. The molecule has 4 rings (SSSR count). The van der Waals surface area contributed by atoms with E-state index in [0.717, 1.165) is 24.0 Å². The van der Waals surface area contributed by atoms with E-state index in [4.69, 9.17) is 0 Å². The molecule has 0 saturated heterocycles. The van der Waals surface area contributed by atoms with Gasteiger partial charge in [0.25, 0.3) is 15.9 Å². The minimum atomic E-state index is -3.92. The Bertz CT molecular complexity index is 1370. The summed E-state index contributed by atoms with van der Waals surface area (Å²) < 4.78 is 30.5. The summed E-state index contributed by atoms with van der Waals surface area (Å²) in [5.41, 5.74) is 2.83. The van der Waals surface area contributed by atoms with Gasteiger partial charge in [-0.2, -0.15) is 5.10 Å². The topological polar surface area (TPSA) is 84.3 Å². The molecule has 1 heterocycles. The summed E-state index contributed by atoms with van der Waals surface area (Å²) in [7, 11) is -2.06. The van der Waals surface area contributed by atoms with Crippen LogP contribution in [0, 0.1) is 0 Å². The summed E-state index contributed by atoms with van der Waals surface area (Å²) in [5.74, 6) is -0.303. The standard InChI is InChI=1S/C27H28N4O3S/c1-30-20-23(19-29-30)12-9-17-28-27(32)24-13-8-16-26(18-24)35(33,34)31(25-14-6-3-7-15-25)21-22-10-4-2-5-11-22/h2-8,10-11,13-16,18-20H,9,12,17,21H2,1H3,(H,28,32). The Labute approximate surface area is 206 Å². The van der Waals surface area contributed by atoms with Gasteiger partial charge < -0.3 is 5.32 Å². The van der Waals surface area contributed by atoms with Crippen LogP contribution in [-0.2, 0) is 30.0 Å². The first-order chi connectivity index (χ1) is 16.9. The van der Waals surface area contributed by atoms with Gasteiger partial charge >= 0.3 is 0 Å². The van der Waals surface area contributed by atoms with E-state index in [9.17, 15) is 13.2 Å². The molecule has 0 spiro atoms. The second kappa shape index (κ2) is 11.0. The van der Waals surface area contributed by atoms with Gasteiger partial charge in [0, 0.05) is 25.4 Å². The molecule has 0 atom stereocenters. The summed E-state index contributed by atoms with van der Waals surface area (Å²) in [6, 6.07) is 24.6. The molecule has 0 radical (unpaired) electrons. The third-order valence-corrected chi connectivity index (χ3v) is 7.35. The summed E-state index contributed by atoms with van der Waals surface area (Å²) >= 11 is 0. The number of sulfonamides is 1. The predicted octanol–water partition coefficient (Wildman–Crippen LogP) is 4.18. The third-order valence-electron chi connectivity index (χ3n) is 5.58. The fourth-order valence-corrected chi connectivity index (χ4v) is 5.28. The van der Waals surface area contributed by atoms with Gasteiger partial charge in [-0.3, -0.25) is 13.8 Å². The highest BCUT2D eigenvalue weighted by Crippen LogP contribution is 2.26. The molecule has 3 aromatic carbocycles. The molecule has 0 bridgehead atoms. The Hall–Kier alpha value is -3.91. The Balaban J connectivity index is 1.50. The normalized spacial score (nSPS) is 11.2. The highest BCUT2D eigenvalue weighted by Gasteiger charge is 2.26. The molecule has 1 N–H and O–H groups in total. The second-order valence-electron chi connectivity index (χ2n) is 8.24. The van der Waals surface area contributed by atoms with Crippen LogP contribution in [0.4, 0.5) is 5.69 Å². The third kappa shape index (κ3) is 6.16. The van der Waals surface area contributed by atoms with E-state index >= 15 is 0 Å². The lowest BCUT2D eigenvalue weighted by Gasteiger charge is -2.25. The van der Waals surface area contributed by atoms with Crippen molar-refractivity contribution in [2.24, 2.45) is 7.05 Å². The summed E-state index contributed by atoms with van der Waals surface area (Å²) in [4.78, 5) is 12.8. The maximum absolute atomic E-state index is 13.7. The first kappa shape index (κ1) is 24.2. The number of benzene rings is 3. The van der Waals surface area contributed by atoms with Gasteiger partial charge in [-0.05, 0) is 54.3 Å². The largest absolute Gasteiger partial charge is 0.352 e. The Morgan fingerprint density at radius 3 is 2.34 bits per heavy atom. The number of carbonyl (C=O) groups excluding carboxylic acids is 1. The molecule has 0 unspecified atom stereocenters. The zero-order valence-electron chi connectivity index (χ0n) is 19.5. The zero-order valence-corrected chi connectivity index (χ0v) is 20.4. The van der Waals surface area contributed by atoms with Gasteiger partial charge in [0.15, 0.2) is 0 Å². The minimum absolute atomic E-state index is 0.0697. The first-order valence-corrected chi connectivity index (χ1v) is 12.8. The lowest BCUT2D eigenvalue weighted by atomic mass is 10.2. The smallest absolute Gasteiger partial charge is 0.264 e. The van der Waals surface area contributed by atoms with Crippen LogP contribution in [0.3, 0.4) is 0 Å². The number of rotatable bonds is 10. The van der Waals surface area contributed by atoms with E-state index in [1.807, 2.05) is 55.8 Å². The average molecular weight is 489 g/mol. The molecule has 35 heavy (non-hydrogen) atoms. The van der Waals surface area contributed by atoms with Crippen molar-refractivity contribution in [2.45, 2.75) is 24.3 Å². The molecule has 1 aromatic heterocycles. The molecular formula is C27H28N4O3S. The van der Waals surface area contributed by atoms with E-state index in [-0.39, 0.29) is 17.3 Å². The number of aryl methyl sites for hydroxylation is 2. The van der Waals surface area contributed by atoms with Crippen LogP contribution >= 0.6 is 0 Å². The maximum Gasteiger partial charge on any atom is 0.264 e. The van der Waals surface area contributed by atoms with Crippen LogP contribution < -0.4 is 9.62 Å². The van der Waals surface area contributed by atoms with Crippen molar-refractivity contribution in [1.82, 2.24) is 15.1 Å². The van der Waals surface area contributed by atoms with E-state index < -0.39 is 10.0 Å². The van der Waals surface area contributed by atoms with Gasteiger partial charge in [0.2, 0.25) is 0 Å². The van der Waals surface area contributed by atoms with Gasteiger partial charge in [-0.15, -0.1) is 0 Å². The van der Waals surface area contributed by atoms with Crippen LogP contribution in [0.25, 0.3) is 0 Å². The maximum atomic E-state index is 13.7.